The standard InChI is InChI=1S/C20H25FN4O2/c1-3-14-15(20(27)24-23-17(14)4-2)12-22-19(26)13-7-8-18(16(21)11-13)25-9-5-6-10-25/h7-8,11H,3-6,9-10,12H2,1-2H3,(H,22,26)(H,24,27). The van der Waals surface area contributed by atoms with Gasteiger partial charge in [0.15, 0.2) is 0 Å². The second kappa shape index (κ2) is 8.33. The SMILES string of the molecule is CCc1n[nH]c(=O)c(CNC(=O)c2ccc(N3CCCC3)c(F)c2)c1CC. The van der Waals surface area contributed by atoms with Crippen LogP contribution in [-0.2, 0) is 19.4 Å². The molecule has 0 aliphatic carbocycles. The Bertz CT molecular complexity index is 888. The van der Waals surface area contributed by atoms with Crippen LogP contribution in [0, 0.1) is 5.82 Å². The summed E-state index contributed by atoms with van der Waals surface area (Å²) in [5.74, 6) is -0.799. The van der Waals surface area contributed by atoms with Crippen LogP contribution in [-0.4, -0.2) is 29.2 Å². The predicted molar refractivity (Wildman–Crippen MR) is 103 cm³/mol. The third-order valence-corrected chi connectivity index (χ3v) is 5.05. The summed E-state index contributed by atoms with van der Waals surface area (Å²) in [5.41, 5.74) is 2.66. The maximum Gasteiger partial charge on any atom is 0.269 e. The topological polar surface area (TPSA) is 78.1 Å². The van der Waals surface area contributed by atoms with Crippen molar-refractivity contribution in [1.82, 2.24) is 15.5 Å². The van der Waals surface area contributed by atoms with Gasteiger partial charge in [0.05, 0.1) is 11.4 Å². The minimum absolute atomic E-state index is 0.0857. The van der Waals surface area contributed by atoms with Crippen LogP contribution in [0.4, 0.5) is 10.1 Å². The van der Waals surface area contributed by atoms with Crippen molar-refractivity contribution < 1.29 is 9.18 Å². The Kier molecular flexibility index (Phi) is 5.88. The number of carbonyl (C=O) groups is 1. The summed E-state index contributed by atoms with van der Waals surface area (Å²) in [6.07, 6.45) is 3.47. The van der Waals surface area contributed by atoms with Crippen molar-refractivity contribution in [2.45, 2.75) is 46.1 Å². The van der Waals surface area contributed by atoms with E-state index in [1.165, 1.54) is 6.07 Å². The normalized spacial score (nSPS) is 13.8. The van der Waals surface area contributed by atoms with E-state index in [0.717, 1.165) is 37.2 Å². The Morgan fingerprint density at radius 3 is 2.59 bits per heavy atom. The van der Waals surface area contributed by atoms with Crippen molar-refractivity contribution >= 4 is 11.6 Å². The summed E-state index contributed by atoms with van der Waals surface area (Å²) in [6, 6.07) is 4.54. The molecule has 3 rings (SSSR count). The Morgan fingerprint density at radius 2 is 1.96 bits per heavy atom. The molecular formula is C20H25FN4O2. The number of aryl methyl sites for hydroxylation is 1. The lowest BCUT2D eigenvalue weighted by Crippen LogP contribution is -2.29. The first-order chi connectivity index (χ1) is 13.0. The molecule has 6 nitrogen and oxygen atoms in total. The van der Waals surface area contributed by atoms with Gasteiger partial charge in [-0.15, -0.1) is 0 Å². The Balaban J connectivity index is 1.75. The number of anilines is 1. The average molecular weight is 372 g/mol. The van der Waals surface area contributed by atoms with Crippen LogP contribution < -0.4 is 15.8 Å². The Hall–Kier alpha value is -2.70. The van der Waals surface area contributed by atoms with Crippen molar-refractivity contribution in [3.05, 3.63) is 56.8 Å². The third-order valence-electron chi connectivity index (χ3n) is 5.05. The summed E-state index contributed by atoms with van der Waals surface area (Å²) < 4.78 is 14.4. The molecule has 2 heterocycles. The van der Waals surface area contributed by atoms with Crippen molar-refractivity contribution in [2.24, 2.45) is 0 Å². The molecule has 2 aromatic rings. The molecule has 0 saturated carbocycles. The number of H-pyrrole nitrogens is 1. The van der Waals surface area contributed by atoms with Crippen LogP contribution in [0.5, 0.6) is 0 Å². The maximum absolute atomic E-state index is 14.4. The first-order valence-electron chi connectivity index (χ1n) is 9.47. The monoisotopic (exact) mass is 372 g/mol. The van der Waals surface area contributed by atoms with E-state index in [-0.39, 0.29) is 17.7 Å². The molecule has 1 aromatic carbocycles. The number of benzene rings is 1. The average Bonchev–Trinajstić information content (AvgIpc) is 3.20. The van der Waals surface area contributed by atoms with Crippen molar-refractivity contribution in [2.75, 3.05) is 18.0 Å². The number of aromatic nitrogens is 2. The first kappa shape index (κ1) is 19.1. The maximum atomic E-state index is 14.4. The number of amides is 1. The van der Waals surface area contributed by atoms with Crippen LogP contribution in [0.3, 0.4) is 0 Å². The molecule has 1 aromatic heterocycles. The van der Waals surface area contributed by atoms with Gasteiger partial charge in [-0.3, -0.25) is 9.59 Å². The van der Waals surface area contributed by atoms with Gasteiger partial charge in [0.1, 0.15) is 5.82 Å². The van der Waals surface area contributed by atoms with Gasteiger partial charge in [-0.25, -0.2) is 9.49 Å². The molecule has 1 aliphatic rings. The van der Waals surface area contributed by atoms with Crippen LogP contribution in [0.25, 0.3) is 0 Å². The summed E-state index contributed by atoms with van der Waals surface area (Å²) in [6.45, 7) is 5.68. The molecule has 1 aliphatic heterocycles. The van der Waals surface area contributed by atoms with Crippen LogP contribution in [0.2, 0.25) is 0 Å². The van der Waals surface area contributed by atoms with Gasteiger partial charge in [0, 0.05) is 30.8 Å². The number of hydrogen-bond donors (Lipinski definition) is 2. The first-order valence-corrected chi connectivity index (χ1v) is 9.47. The summed E-state index contributed by atoms with van der Waals surface area (Å²) >= 11 is 0. The zero-order valence-corrected chi connectivity index (χ0v) is 15.8. The largest absolute Gasteiger partial charge is 0.369 e. The lowest BCUT2D eigenvalue weighted by Gasteiger charge is -2.18. The molecule has 1 saturated heterocycles. The Labute approximate surface area is 157 Å². The number of nitrogens with zero attached hydrogens (tertiary/aromatic N) is 2. The minimum Gasteiger partial charge on any atom is -0.369 e. The minimum atomic E-state index is -0.404. The van der Waals surface area contributed by atoms with Gasteiger partial charge in [0.2, 0.25) is 0 Å². The van der Waals surface area contributed by atoms with Crippen molar-refractivity contribution in [3.8, 4) is 0 Å². The number of nitrogens with one attached hydrogen (secondary N) is 2. The van der Waals surface area contributed by atoms with Crippen LogP contribution >= 0.6 is 0 Å². The van der Waals surface area contributed by atoms with E-state index in [1.54, 1.807) is 12.1 Å². The molecule has 0 bridgehead atoms. The Morgan fingerprint density at radius 1 is 1.22 bits per heavy atom. The summed E-state index contributed by atoms with van der Waals surface area (Å²) in [4.78, 5) is 26.6. The molecular weight excluding hydrogens is 347 g/mol. The van der Waals surface area contributed by atoms with Gasteiger partial charge in [0.25, 0.3) is 11.5 Å². The van der Waals surface area contributed by atoms with E-state index in [0.29, 0.717) is 24.1 Å². The smallest absolute Gasteiger partial charge is 0.269 e. The number of carbonyl (C=O) groups excluding carboxylic acids is 1. The molecule has 0 radical (unpaired) electrons. The van der Waals surface area contributed by atoms with E-state index >= 15 is 0 Å². The molecule has 1 fully saturated rings. The van der Waals surface area contributed by atoms with Gasteiger partial charge in [-0.2, -0.15) is 5.10 Å². The number of halogens is 1. The van der Waals surface area contributed by atoms with Crippen molar-refractivity contribution in [3.63, 3.8) is 0 Å². The van der Waals surface area contributed by atoms with Gasteiger partial charge >= 0.3 is 0 Å². The third kappa shape index (κ3) is 4.02. The molecule has 7 heteroatoms. The fourth-order valence-electron chi connectivity index (χ4n) is 3.59. The highest BCUT2D eigenvalue weighted by atomic mass is 19.1. The van der Waals surface area contributed by atoms with E-state index in [1.807, 2.05) is 18.7 Å². The summed E-state index contributed by atoms with van der Waals surface area (Å²) in [5, 5.41) is 9.28. The highest BCUT2D eigenvalue weighted by Crippen LogP contribution is 2.24. The predicted octanol–water partition coefficient (Wildman–Crippen LogP) is 2.56. The highest BCUT2D eigenvalue weighted by Gasteiger charge is 2.18. The van der Waals surface area contributed by atoms with E-state index < -0.39 is 11.7 Å². The fraction of sp³-hybridized carbons (Fsp3) is 0.450. The zero-order valence-electron chi connectivity index (χ0n) is 15.8. The van der Waals surface area contributed by atoms with E-state index in [2.05, 4.69) is 15.5 Å². The molecule has 0 atom stereocenters. The number of hydrogen-bond acceptors (Lipinski definition) is 4. The van der Waals surface area contributed by atoms with Crippen LogP contribution in [0.15, 0.2) is 23.0 Å². The highest BCUT2D eigenvalue weighted by molar-refractivity contribution is 5.94. The number of rotatable bonds is 6. The molecule has 1 amide bonds. The lowest BCUT2D eigenvalue weighted by atomic mass is 10.0. The summed E-state index contributed by atoms with van der Waals surface area (Å²) in [7, 11) is 0. The second-order valence-corrected chi connectivity index (χ2v) is 6.71. The van der Waals surface area contributed by atoms with Crippen molar-refractivity contribution in [1.29, 1.82) is 0 Å². The molecule has 27 heavy (non-hydrogen) atoms. The second-order valence-electron chi connectivity index (χ2n) is 6.71. The lowest BCUT2D eigenvalue weighted by molar-refractivity contribution is 0.0950. The van der Waals surface area contributed by atoms with Gasteiger partial charge in [-0.05, 0) is 49.4 Å². The fourth-order valence-corrected chi connectivity index (χ4v) is 3.59. The van der Waals surface area contributed by atoms with E-state index in [9.17, 15) is 14.0 Å². The van der Waals surface area contributed by atoms with Gasteiger partial charge in [-0.1, -0.05) is 13.8 Å². The van der Waals surface area contributed by atoms with E-state index in [4.69, 9.17) is 0 Å². The van der Waals surface area contributed by atoms with Gasteiger partial charge < -0.3 is 10.2 Å². The molecule has 0 spiro atoms. The quantitative estimate of drug-likeness (QED) is 0.817. The molecule has 0 unspecified atom stereocenters. The molecule has 144 valence electrons. The zero-order chi connectivity index (χ0) is 19.4. The molecule has 2 N–H and O–H groups in total. The number of aromatic amines is 1. The van der Waals surface area contributed by atoms with Crippen LogP contribution in [0.1, 0.15) is 53.9 Å².